The molecule has 10 nitrogen and oxygen atoms in total. The molecule has 1 saturated carbocycles. The van der Waals surface area contributed by atoms with Gasteiger partial charge in [0.1, 0.15) is 29.4 Å². The number of pyridine rings is 1. The second kappa shape index (κ2) is 8.89. The van der Waals surface area contributed by atoms with E-state index < -0.39 is 5.60 Å². The molecule has 0 N–H and O–H groups in total. The summed E-state index contributed by atoms with van der Waals surface area (Å²) < 4.78 is 11.4. The van der Waals surface area contributed by atoms with Gasteiger partial charge < -0.3 is 24.2 Å². The van der Waals surface area contributed by atoms with Crippen LogP contribution in [0.2, 0.25) is 0 Å². The summed E-state index contributed by atoms with van der Waals surface area (Å²) in [6.45, 7) is 7.54. The van der Waals surface area contributed by atoms with Gasteiger partial charge in [-0.3, -0.25) is 0 Å². The molecule has 1 spiro atoms. The number of rotatable bonds is 4. The molecule has 0 aromatic carbocycles. The van der Waals surface area contributed by atoms with Gasteiger partial charge in [0.25, 0.3) is 0 Å². The van der Waals surface area contributed by atoms with Crippen LogP contribution in [0.4, 0.5) is 22.2 Å². The van der Waals surface area contributed by atoms with Gasteiger partial charge in [0, 0.05) is 51.0 Å². The first-order chi connectivity index (χ1) is 17.2. The van der Waals surface area contributed by atoms with E-state index in [9.17, 15) is 10.1 Å². The lowest BCUT2D eigenvalue weighted by molar-refractivity contribution is 0.00378. The number of aromatic nitrogens is 3. The molecule has 1 saturated heterocycles. The van der Waals surface area contributed by atoms with Crippen LogP contribution in [0.25, 0.3) is 0 Å². The monoisotopic (exact) mass is 491 g/mol. The summed E-state index contributed by atoms with van der Waals surface area (Å²) >= 11 is 0. The largest absolute Gasteiger partial charge is 0.444 e. The maximum absolute atomic E-state index is 12.8. The van der Waals surface area contributed by atoms with Crippen molar-refractivity contribution in [1.29, 1.82) is 5.26 Å². The topological polar surface area (TPSA) is 108 Å². The number of hydrogen-bond acceptors (Lipinski definition) is 9. The quantitative estimate of drug-likeness (QED) is 0.636. The zero-order valence-electron chi connectivity index (χ0n) is 21.6. The number of nitrogens with zero attached hydrogens (tertiary/aromatic N) is 7. The van der Waals surface area contributed by atoms with Crippen LogP contribution < -0.4 is 9.80 Å². The molecule has 5 rings (SSSR count). The van der Waals surface area contributed by atoms with Gasteiger partial charge in [-0.25, -0.2) is 19.7 Å². The SMILES string of the molecule is CO[C@H]1CN(c2ncnc3c2C2(CCC2)CN3c2cc(C#N)ccn2)C[C@H]1N(C)C(=O)OC(C)(C)C. The highest BCUT2D eigenvalue weighted by Crippen LogP contribution is 2.56. The van der Waals surface area contributed by atoms with E-state index in [1.54, 1.807) is 37.6 Å². The Balaban J connectivity index is 1.48. The molecule has 0 bridgehead atoms. The van der Waals surface area contributed by atoms with E-state index in [4.69, 9.17) is 19.4 Å². The average Bonchev–Trinajstić information content (AvgIpc) is 3.42. The third-order valence-corrected chi connectivity index (χ3v) is 7.53. The lowest BCUT2D eigenvalue weighted by atomic mass is 9.66. The van der Waals surface area contributed by atoms with Crippen molar-refractivity contribution < 1.29 is 14.3 Å². The van der Waals surface area contributed by atoms with Crippen molar-refractivity contribution in [2.24, 2.45) is 0 Å². The van der Waals surface area contributed by atoms with E-state index >= 15 is 0 Å². The fourth-order valence-electron chi connectivity index (χ4n) is 5.58. The predicted octanol–water partition coefficient (Wildman–Crippen LogP) is 3.39. The molecule has 0 radical (unpaired) electrons. The van der Waals surface area contributed by atoms with Crippen LogP contribution in [0, 0.1) is 11.3 Å². The summed E-state index contributed by atoms with van der Waals surface area (Å²) in [6.07, 6.45) is 5.97. The minimum absolute atomic E-state index is 0.0476. The highest BCUT2D eigenvalue weighted by Gasteiger charge is 2.52. The van der Waals surface area contributed by atoms with E-state index in [2.05, 4.69) is 20.9 Å². The summed E-state index contributed by atoms with van der Waals surface area (Å²) in [7, 11) is 3.44. The standard InChI is InChI=1S/C26H33N7O3/c1-25(2,3)36-24(34)31(4)18-13-32(14-19(18)35-5)22-21-23(30-16-29-22)33(15-26(21)8-6-9-26)20-11-17(12-27)7-10-28-20/h7,10-11,16,18-19H,6,8-9,13-15H2,1-5H3/t18-,19+/m1/s1. The number of hydrogen-bond donors (Lipinski definition) is 0. The molecule has 2 aliphatic heterocycles. The minimum atomic E-state index is -0.573. The van der Waals surface area contributed by atoms with Gasteiger partial charge in [-0.2, -0.15) is 5.26 Å². The summed E-state index contributed by atoms with van der Waals surface area (Å²) in [5.74, 6) is 2.46. The minimum Gasteiger partial charge on any atom is -0.444 e. The van der Waals surface area contributed by atoms with Crippen LogP contribution in [-0.2, 0) is 14.9 Å². The normalized spacial score (nSPS) is 22.2. The highest BCUT2D eigenvalue weighted by atomic mass is 16.6. The molecule has 2 aromatic rings. The molecule has 190 valence electrons. The molecular weight excluding hydrogens is 458 g/mol. The smallest absolute Gasteiger partial charge is 0.410 e. The van der Waals surface area contributed by atoms with Crippen LogP contribution in [0.1, 0.15) is 51.2 Å². The van der Waals surface area contributed by atoms with E-state index in [0.29, 0.717) is 18.7 Å². The Kier molecular flexibility index (Phi) is 5.99. The third kappa shape index (κ3) is 4.11. The second-order valence-corrected chi connectivity index (χ2v) is 11.0. The number of carbonyl (C=O) groups is 1. The lowest BCUT2D eigenvalue weighted by Gasteiger charge is -2.40. The summed E-state index contributed by atoms with van der Waals surface area (Å²) in [5, 5.41) is 9.39. The lowest BCUT2D eigenvalue weighted by Crippen LogP contribution is -2.47. The molecule has 4 heterocycles. The molecule has 0 unspecified atom stereocenters. The van der Waals surface area contributed by atoms with Crippen LogP contribution in [0.5, 0.6) is 0 Å². The second-order valence-electron chi connectivity index (χ2n) is 11.0. The Hall–Kier alpha value is -3.45. The number of amides is 1. The number of likely N-dealkylation sites (N-methyl/N-ethyl adjacent to an activating group) is 1. The molecular formula is C26H33N7O3. The molecule has 3 aliphatic rings. The maximum atomic E-state index is 12.8. The van der Waals surface area contributed by atoms with Gasteiger partial charge in [0.15, 0.2) is 0 Å². The summed E-state index contributed by atoms with van der Waals surface area (Å²) in [4.78, 5) is 32.8. The van der Waals surface area contributed by atoms with Crippen LogP contribution in [-0.4, -0.2) is 77.5 Å². The fraction of sp³-hybridized carbons (Fsp3) is 0.577. The van der Waals surface area contributed by atoms with Crippen molar-refractivity contribution in [3.8, 4) is 6.07 Å². The maximum Gasteiger partial charge on any atom is 0.410 e. The van der Waals surface area contributed by atoms with Gasteiger partial charge in [-0.05, 0) is 45.7 Å². The number of anilines is 3. The zero-order chi connectivity index (χ0) is 25.7. The number of fused-ring (bicyclic) bond motifs is 2. The van der Waals surface area contributed by atoms with E-state index in [1.165, 1.54) is 0 Å². The Morgan fingerprint density at radius 3 is 2.61 bits per heavy atom. The summed E-state index contributed by atoms with van der Waals surface area (Å²) in [6, 6.07) is 5.55. The number of carbonyl (C=O) groups excluding carboxylic acids is 1. The molecule has 2 fully saturated rings. The average molecular weight is 492 g/mol. The first-order valence-corrected chi connectivity index (χ1v) is 12.4. The summed E-state index contributed by atoms with van der Waals surface area (Å²) in [5.41, 5.74) is 1.08. The molecule has 36 heavy (non-hydrogen) atoms. The predicted molar refractivity (Wildman–Crippen MR) is 134 cm³/mol. The first kappa shape index (κ1) is 24.3. The Bertz CT molecular complexity index is 1200. The van der Waals surface area contributed by atoms with E-state index in [1.807, 2.05) is 26.8 Å². The molecule has 1 amide bonds. The van der Waals surface area contributed by atoms with Crippen molar-refractivity contribution in [2.45, 2.75) is 63.2 Å². The molecule has 1 aliphatic carbocycles. The molecule has 2 aromatic heterocycles. The van der Waals surface area contributed by atoms with Gasteiger partial charge in [0.05, 0.1) is 23.8 Å². The van der Waals surface area contributed by atoms with Crippen LogP contribution in [0.3, 0.4) is 0 Å². The number of nitriles is 1. The van der Waals surface area contributed by atoms with Crippen LogP contribution in [0.15, 0.2) is 24.7 Å². The zero-order valence-corrected chi connectivity index (χ0v) is 21.6. The Morgan fingerprint density at radius 1 is 1.22 bits per heavy atom. The highest BCUT2D eigenvalue weighted by molar-refractivity contribution is 5.75. The van der Waals surface area contributed by atoms with Gasteiger partial charge in [-0.15, -0.1) is 0 Å². The van der Waals surface area contributed by atoms with E-state index in [0.717, 1.165) is 48.8 Å². The van der Waals surface area contributed by atoms with Crippen molar-refractivity contribution in [1.82, 2.24) is 19.9 Å². The number of ether oxygens (including phenoxy) is 2. The van der Waals surface area contributed by atoms with Crippen molar-refractivity contribution in [3.63, 3.8) is 0 Å². The van der Waals surface area contributed by atoms with Gasteiger partial charge in [-0.1, -0.05) is 6.42 Å². The van der Waals surface area contributed by atoms with Gasteiger partial charge >= 0.3 is 6.09 Å². The first-order valence-electron chi connectivity index (χ1n) is 12.4. The molecule has 2 atom stereocenters. The van der Waals surface area contributed by atoms with Crippen molar-refractivity contribution >= 4 is 23.5 Å². The Morgan fingerprint density at radius 2 is 1.97 bits per heavy atom. The third-order valence-electron chi connectivity index (χ3n) is 7.53. The Labute approximate surface area is 211 Å². The van der Waals surface area contributed by atoms with Crippen molar-refractivity contribution in [2.75, 3.05) is 43.6 Å². The van der Waals surface area contributed by atoms with Crippen LogP contribution >= 0.6 is 0 Å². The molecule has 10 heteroatoms. The van der Waals surface area contributed by atoms with E-state index in [-0.39, 0.29) is 23.7 Å². The number of methoxy groups -OCH3 is 1. The fourth-order valence-corrected chi connectivity index (χ4v) is 5.58. The van der Waals surface area contributed by atoms with Gasteiger partial charge in [0.2, 0.25) is 0 Å². The van der Waals surface area contributed by atoms with Crippen molar-refractivity contribution in [3.05, 3.63) is 35.8 Å².